The first kappa shape index (κ1) is 14.8. The molecule has 0 aliphatic carbocycles. The molecule has 2 aromatic rings. The number of hydrogen-bond acceptors (Lipinski definition) is 4. The summed E-state index contributed by atoms with van der Waals surface area (Å²) in [6, 6.07) is 1.81. The molecule has 20 heavy (non-hydrogen) atoms. The Morgan fingerprint density at radius 3 is 2.30 bits per heavy atom. The Labute approximate surface area is 118 Å². The van der Waals surface area contributed by atoms with Crippen LogP contribution in [-0.2, 0) is 5.41 Å². The first-order valence-corrected chi connectivity index (χ1v) is 6.57. The summed E-state index contributed by atoms with van der Waals surface area (Å²) in [7, 11) is -1.83. The van der Waals surface area contributed by atoms with E-state index in [1.165, 1.54) is 0 Å². The van der Waals surface area contributed by atoms with Crippen molar-refractivity contribution in [3.05, 3.63) is 39.2 Å². The van der Waals surface area contributed by atoms with E-state index in [1.807, 2.05) is 40.7 Å². The third kappa shape index (κ3) is 2.27. The zero-order valence-electron chi connectivity index (χ0n) is 12.4. The van der Waals surface area contributed by atoms with Crippen molar-refractivity contribution in [3.63, 3.8) is 0 Å². The molecule has 5 heteroatoms. The van der Waals surface area contributed by atoms with E-state index in [2.05, 4.69) is 0 Å². The molecule has 0 saturated heterocycles. The van der Waals surface area contributed by atoms with E-state index in [4.69, 9.17) is 4.42 Å². The van der Waals surface area contributed by atoms with Crippen LogP contribution in [0.1, 0.15) is 37.5 Å². The quantitative estimate of drug-likeness (QED) is 0.771. The summed E-state index contributed by atoms with van der Waals surface area (Å²) in [5.74, 6) is 0. The Bertz CT molecular complexity index is 723. The molecule has 106 valence electrons. The van der Waals surface area contributed by atoms with Crippen LogP contribution in [0, 0.1) is 13.8 Å². The first-order chi connectivity index (χ1) is 9.14. The molecule has 0 aliphatic heterocycles. The second kappa shape index (κ2) is 4.75. The van der Waals surface area contributed by atoms with Crippen molar-refractivity contribution in [1.29, 1.82) is 0 Å². The van der Waals surface area contributed by atoms with Gasteiger partial charge in [0, 0.05) is 0 Å². The maximum Gasteiger partial charge on any atom is 0.495 e. The molecular formula is C15H19BO4. The summed E-state index contributed by atoms with van der Waals surface area (Å²) in [6.07, 6.45) is 1.12. The molecule has 1 aromatic heterocycles. The van der Waals surface area contributed by atoms with Gasteiger partial charge in [0.15, 0.2) is 5.43 Å². The van der Waals surface area contributed by atoms with Crippen molar-refractivity contribution in [2.75, 3.05) is 0 Å². The summed E-state index contributed by atoms with van der Waals surface area (Å²) in [5.41, 5.74) is 2.68. The van der Waals surface area contributed by atoms with E-state index in [0.717, 1.165) is 23.0 Å². The molecule has 0 unspecified atom stereocenters. The molecule has 0 amide bonds. The summed E-state index contributed by atoms with van der Waals surface area (Å²) >= 11 is 0. The maximum absolute atomic E-state index is 12.5. The van der Waals surface area contributed by atoms with E-state index in [0.29, 0.717) is 11.0 Å². The van der Waals surface area contributed by atoms with Gasteiger partial charge in [0.25, 0.3) is 0 Å². The molecule has 1 aromatic carbocycles. The Balaban J connectivity index is 3.04. The standard InChI is InChI=1S/C15H19BO4/c1-8-6-11-12(13(9(8)2)15(3,4)5)14(17)10(7-20-11)16(18)19/h6-7,18-19H,1-5H3. The van der Waals surface area contributed by atoms with Crippen molar-refractivity contribution in [3.8, 4) is 0 Å². The second-order valence-corrected chi connectivity index (χ2v) is 6.21. The van der Waals surface area contributed by atoms with Crippen LogP contribution in [0.25, 0.3) is 11.0 Å². The predicted octanol–water partition coefficient (Wildman–Crippen LogP) is 1.39. The monoisotopic (exact) mass is 274 g/mol. The fourth-order valence-electron chi connectivity index (χ4n) is 2.64. The molecule has 1 heterocycles. The zero-order chi connectivity index (χ0) is 15.2. The van der Waals surface area contributed by atoms with Crippen molar-refractivity contribution in [1.82, 2.24) is 0 Å². The van der Waals surface area contributed by atoms with Gasteiger partial charge in [0.1, 0.15) is 5.58 Å². The largest absolute Gasteiger partial charge is 0.495 e. The third-order valence-corrected chi connectivity index (χ3v) is 3.64. The topological polar surface area (TPSA) is 70.7 Å². The van der Waals surface area contributed by atoms with Crippen LogP contribution in [-0.4, -0.2) is 17.2 Å². The highest BCUT2D eigenvalue weighted by Crippen LogP contribution is 2.32. The zero-order valence-corrected chi connectivity index (χ0v) is 12.4. The average Bonchev–Trinajstić information content (AvgIpc) is 2.29. The highest BCUT2D eigenvalue weighted by Gasteiger charge is 2.26. The fraction of sp³-hybridized carbons (Fsp3) is 0.400. The van der Waals surface area contributed by atoms with Crippen LogP contribution in [0.5, 0.6) is 0 Å². The van der Waals surface area contributed by atoms with Crippen LogP contribution < -0.4 is 10.9 Å². The van der Waals surface area contributed by atoms with Crippen molar-refractivity contribution in [2.24, 2.45) is 0 Å². The smallest absolute Gasteiger partial charge is 0.464 e. The fourth-order valence-corrected chi connectivity index (χ4v) is 2.64. The lowest BCUT2D eigenvalue weighted by Gasteiger charge is -2.24. The van der Waals surface area contributed by atoms with Crippen LogP contribution >= 0.6 is 0 Å². The van der Waals surface area contributed by atoms with E-state index in [1.54, 1.807) is 0 Å². The number of fused-ring (bicyclic) bond motifs is 1. The lowest BCUT2D eigenvalue weighted by Crippen LogP contribution is -2.41. The molecule has 0 bridgehead atoms. The lowest BCUT2D eigenvalue weighted by atomic mass is 9.77. The molecule has 0 atom stereocenters. The van der Waals surface area contributed by atoms with Gasteiger partial charge in [-0.25, -0.2) is 0 Å². The van der Waals surface area contributed by atoms with Crippen LogP contribution in [0.4, 0.5) is 0 Å². The van der Waals surface area contributed by atoms with Crippen molar-refractivity contribution < 1.29 is 14.5 Å². The van der Waals surface area contributed by atoms with E-state index in [-0.39, 0.29) is 16.3 Å². The van der Waals surface area contributed by atoms with Gasteiger partial charge in [-0.05, 0) is 42.0 Å². The van der Waals surface area contributed by atoms with Gasteiger partial charge in [-0.1, -0.05) is 20.8 Å². The van der Waals surface area contributed by atoms with E-state index < -0.39 is 7.12 Å². The summed E-state index contributed by atoms with van der Waals surface area (Å²) in [4.78, 5) is 12.5. The Hall–Kier alpha value is -1.59. The average molecular weight is 274 g/mol. The number of aryl methyl sites for hydroxylation is 1. The van der Waals surface area contributed by atoms with Gasteiger partial charge in [0.2, 0.25) is 0 Å². The SMILES string of the molecule is Cc1cc2occ(B(O)O)c(=O)c2c(C(C)(C)C)c1C. The molecule has 0 spiro atoms. The number of benzene rings is 1. The van der Waals surface area contributed by atoms with Crippen LogP contribution in [0.15, 0.2) is 21.5 Å². The van der Waals surface area contributed by atoms with Gasteiger partial charge in [-0.3, -0.25) is 4.79 Å². The molecule has 4 nitrogen and oxygen atoms in total. The van der Waals surface area contributed by atoms with Gasteiger partial charge in [-0.2, -0.15) is 0 Å². The minimum atomic E-state index is -1.83. The van der Waals surface area contributed by atoms with Crippen molar-refractivity contribution >= 4 is 23.6 Å². The van der Waals surface area contributed by atoms with E-state index in [9.17, 15) is 14.8 Å². The highest BCUT2D eigenvalue weighted by molar-refractivity contribution is 6.58. The Morgan fingerprint density at radius 1 is 1.20 bits per heavy atom. The number of hydrogen-bond donors (Lipinski definition) is 2. The van der Waals surface area contributed by atoms with Gasteiger partial charge < -0.3 is 14.5 Å². The minimum Gasteiger partial charge on any atom is -0.464 e. The molecule has 0 fully saturated rings. The Morgan fingerprint density at radius 2 is 1.80 bits per heavy atom. The molecule has 2 rings (SSSR count). The molecular weight excluding hydrogens is 255 g/mol. The summed E-state index contributed by atoms with van der Waals surface area (Å²) in [6.45, 7) is 10.0. The van der Waals surface area contributed by atoms with Crippen molar-refractivity contribution in [2.45, 2.75) is 40.0 Å². The highest BCUT2D eigenvalue weighted by atomic mass is 16.4. The molecule has 0 aliphatic rings. The first-order valence-electron chi connectivity index (χ1n) is 6.57. The minimum absolute atomic E-state index is 0.133. The lowest BCUT2D eigenvalue weighted by molar-refractivity contribution is 0.423. The third-order valence-electron chi connectivity index (χ3n) is 3.64. The predicted molar refractivity (Wildman–Crippen MR) is 80.5 cm³/mol. The second-order valence-electron chi connectivity index (χ2n) is 6.21. The van der Waals surface area contributed by atoms with Gasteiger partial charge in [0.05, 0.1) is 17.1 Å². The molecule has 2 N–H and O–H groups in total. The van der Waals surface area contributed by atoms with E-state index >= 15 is 0 Å². The van der Waals surface area contributed by atoms with Crippen LogP contribution in [0.3, 0.4) is 0 Å². The van der Waals surface area contributed by atoms with Gasteiger partial charge in [-0.15, -0.1) is 0 Å². The van der Waals surface area contributed by atoms with Gasteiger partial charge >= 0.3 is 7.12 Å². The van der Waals surface area contributed by atoms with Crippen LogP contribution in [0.2, 0.25) is 0 Å². The molecule has 0 radical (unpaired) electrons. The normalized spacial score (nSPS) is 11.9. The maximum atomic E-state index is 12.5. The Kier molecular flexibility index (Phi) is 3.52. The summed E-state index contributed by atoms with van der Waals surface area (Å²) in [5, 5.41) is 19.0. The summed E-state index contributed by atoms with van der Waals surface area (Å²) < 4.78 is 5.44. The number of rotatable bonds is 1. The molecule has 0 saturated carbocycles.